The van der Waals surface area contributed by atoms with E-state index in [1.54, 1.807) is 45.0 Å². The first kappa shape index (κ1) is 22.3. The lowest BCUT2D eigenvalue weighted by molar-refractivity contribution is 0.0497. The number of carbonyl (C=O) groups is 1. The molecule has 0 aliphatic heterocycles. The molecule has 1 saturated carbocycles. The number of hydrogen-bond acceptors (Lipinski definition) is 5. The number of sulfone groups is 1. The summed E-state index contributed by atoms with van der Waals surface area (Å²) in [5.74, 6) is -0.470. The van der Waals surface area contributed by atoms with Gasteiger partial charge < -0.3 is 15.8 Å². The van der Waals surface area contributed by atoms with Crippen molar-refractivity contribution < 1.29 is 17.9 Å². The van der Waals surface area contributed by atoms with Crippen LogP contribution in [0.3, 0.4) is 0 Å². The fourth-order valence-corrected chi connectivity index (χ4v) is 6.26. The van der Waals surface area contributed by atoms with Gasteiger partial charge in [-0.25, -0.2) is 13.2 Å². The van der Waals surface area contributed by atoms with Gasteiger partial charge in [-0.1, -0.05) is 47.5 Å². The summed E-state index contributed by atoms with van der Waals surface area (Å²) in [5, 5.41) is 1.93. The van der Waals surface area contributed by atoms with Gasteiger partial charge in [0.25, 0.3) is 0 Å². The normalized spacial score (nSPS) is 23.7. The van der Waals surface area contributed by atoms with Gasteiger partial charge in [0.15, 0.2) is 9.84 Å². The quantitative estimate of drug-likeness (QED) is 0.757. The van der Waals surface area contributed by atoms with Crippen molar-refractivity contribution in [1.82, 2.24) is 5.32 Å². The van der Waals surface area contributed by atoms with E-state index >= 15 is 0 Å². The standard InChI is InChI=1S/C23H30N2O4S/c1-15-6-10-17(11-7-15)19-20(30(27,28)18-12-8-16(2)9-13-18)23(19,14-24)25-21(26)29-22(3,4)5/h6-13,19-20H,14,24H2,1-5H3,(H,25,26)/t19-,20+,23+/m1/s1. The van der Waals surface area contributed by atoms with Crippen LogP contribution < -0.4 is 11.1 Å². The molecule has 0 radical (unpaired) electrons. The largest absolute Gasteiger partial charge is 0.444 e. The van der Waals surface area contributed by atoms with E-state index in [-0.39, 0.29) is 11.4 Å². The molecule has 7 heteroatoms. The molecule has 1 fully saturated rings. The summed E-state index contributed by atoms with van der Waals surface area (Å²) in [7, 11) is -3.75. The molecule has 30 heavy (non-hydrogen) atoms. The second kappa shape index (κ2) is 7.71. The molecule has 2 aromatic rings. The molecular formula is C23H30N2O4S. The number of aryl methyl sites for hydroxylation is 2. The Kier molecular flexibility index (Phi) is 5.73. The zero-order valence-electron chi connectivity index (χ0n) is 18.1. The van der Waals surface area contributed by atoms with Crippen LogP contribution in [0.15, 0.2) is 53.4 Å². The third-order valence-corrected chi connectivity index (χ3v) is 7.74. The van der Waals surface area contributed by atoms with Gasteiger partial charge >= 0.3 is 6.09 Å². The van der Waals surface area contributed by atoms with E-state index in [9.17, 15) is 13.2 Å². The number of carbonyl (C=O) groups excluding carboxylic acids is 1. The lowest BCUT2D eigenvalue weighted by Gasteiger charge is -2.24. The van der Waals surface area contributed by atoms with Crippen LogP contribution in [-0.4, -0.2) is 37.4 Å². The number of nitrogens with two attached hydrogens (primary N) is 1. The molecule has 3 N–H and O–H groups in total. The van der Waals surface area contributed by atoms with Crippen molar-refractivity contribution in [3.05, 3.63) is 65.2 Å². The van der Waals surface area contributed by atoms with E-state index in [4.69, 9.17) is 10.5 Å². The number of amides is 1. The predicted octanol–water partition coefficient (Wildman–Crippen LogP) is 3.47. The van der Waals surface area contributed by atoms with Gasteiger partial charge in [-0.05, 0) is 52.3 Å². The summed E-state index contributed by atoms with van der Waals surface area (Å²) in [6, 6.07) is 14.4. The lowest BCUT2D eigenvalue weighted by Crippen LogP contribution is -2.49. The van der Waals surface area contributed by atoms with E-state index in [0.717, 1.165) is 16.7 Å². The zero-order chi connectivity index (χ0) is 22.3. The Morgan fingerprint density at radius 1 is 1.03 bits per heavy atom. The van der Waals surface area contributed by atoms with Crippen LogP contribution in [0, 0.1) is 13.8 Å². The molecular weight excluding hydrogens is 400 g/mol. The first-order valence-electron chi connectivity index (χ1n) is 9.99. The van der Waals surface area contributed by atoms with Crippen LogP contribution in [0.2, 0.25) is 0 Å². The molecule has 2 aromatic carbocycles. The van der Waals surface area contributed by atoms with Crippen LogP contribution in [0.4, 0.5) is 4.79 Å². The summed E-state index contributed by atoms with van der Waals surface area (Å²) >= 11 is 0. The number of rotatable bonds is 5. The third-order valence-electron chi connectivity index (χ3n) is 5.45. The van der Waals surface area contributed by atoms with Crippen molar-refractivity contribution in [2.45, 2.75) is 61.8 Å². The Balaban J connectivity index is 2.03. The number of nitrogens with one attached hydrogen (secondary N) is 1. The number of benzene rings is 2. The van der Waals surface area contributed by atoms with Gasteiger partial charge in [-0.3, -0.25) is 0 Å². The summed E-state index contributed by atoms with van der Waals surface area (Å²) in [4.78, 5) is 12.8. The molecule has 0 heterocycles. The fourth-order valence-electron chi connectivity index (χ4n) is 3.92. The maximum atomic E-state index is 13.5. The Morgan fingerprint density at radius 2 is 1.53 bits per heavy atom. The molecule has 0 saturated heterocycles. The van der Waals surface area contributed by atoms with Crippen molar-refractivity contribution in [2.75, 3.05) is 6.54 Å². The molecule has 0 spiro atoms. The van der Waals surface area contributed by atoms with Crippen molar-refractivity contribution in [1.29, 1.82) is 0 Å². The molecule has 3 atom stereocenters. The number of ether oxygens (including phenoxy) is 1. The van der Waals surface area contributed by atoms with Crippen molar-refractivity contribution in [2.24, 2.45) is 5.73 Å². The van der Waals surface area contributed by atoms with Gasteiger partial charge in [-0.15, -0.1) is 0 Å². The second-order valence-corrected chi connectivity index (χ2v) is 11.1. The maximum absolute atomic E-state index is 13.5. The smallest absolute Gasteiger partial charge is 0.408 e. The highest BCUT2D eigenvalue weighted by Gasteiger charge is 2.71. The van der Waals surface area contributed by atoms with Crippen LogP contribution in [0.5, 0.6) is 0 Å². The first-order valence-corrected chi connectivity index (χ1v) is 11.5. The van der Waals surface area contributed by atoms with Gasteiger partial charge in [-0.2, -0.15) is 0 Å². The van der Waals surface area contributed by atoms with Crippen LogP contribution >= 0.6 is 0 Å². The van der Waals surface area contributed by atoms with Crippen molar-refractivity contribution in [3.63, 3.8) is 0 Å². The SMILES string of the molecule is Cc1ccc([C@@H]2[C@H](S(=O)(=O)c3ccc(C)cc3)[C@@]2(CN)NC(=O)OC(C)(C)C)cc1. The average Bonchev–Trinajstić information content (AvgIpc) is 3.30. The predicted molar refractivity (Wildman–Crippen MR) is 117 cm³/mol. The van der Waals surface area contributed by atoms with Crippen LogP contribution in [-0.2, 0) is 14.6 Å². The molecule has 0 aromatic heterocycles. The van der Waals surface area contributed by atoms with Gasteiger partial charge in [0.2, 0.25) is 0 Å². The number of alkyl carbamates (subject to hydrolysis) is 1. The highest BCUT2D eigenvalue weighted by atomic mass is 32.2. The molecule has 0 bridgehead atoms. The van der Waals surface area contributed by atoms with Crippen LogP contribution in [0.1, 0.15) is 43.4 Å². The Labute approximate surface area is 178 Å². The summed E-state index contributed by atoms with van der Waals surface area (Å²) in [6.07, 6.45) is -0.674. The molecule has 6 nitrogen and oxygen atoms in total. The van der Waals surface area contributed by atoms with Crippen molar-refractivity contribution in [3.8, 4) is 0 Å². The van der Waals surface area contributed by atoms with E-state index < -0.39 is 38.2 Å². The molecule has 1 aliphatic rings. The van der Waals surface area contributed by atoms with E-state index in [1.807, 2.05) is 38.1 Å². The minimum Gasteiger partial charge on any atom is -0.444 e. The molecule has 3 rings (SSSR count). The molecule has 0 unspecified atom stereocenters. The maximum Gasteiger partial charge on any atom is 0.408 e. The van der Waals surface area contributed by atoms with Gasteiger partial charge in [0.1, 0.15) is 10.9 Å². The Bertz CT molecular complexity index is 1020. The zero-order valence-corrected chi connectivity index (χ0v) is 18.9. The minimum absolute atomic E-state index is 0.0272. The molecule has 1 aliphatic carbocycles. The highest BCUT2D eigenvalue weighted by molar-refractivity contribution is 7.92. The lowest BCUT2D eigenvalue weighted by atomic mass is 10.0. The third kappa shape index (κ3) is 4.23. The first-order chi connectivity index (χ1) is 13.9. The topological polar surface area (TPSA) is 98.5 Å². The van der Waals surface area contributed by atoms with Gasteiger partial charge in [0.05, 0.1) is 10.4 Å². The van der Waals surface area contributed by atoms with E-state index in [2.05, 4.69) is 5.32 Å². The second-order valence-electron chi connectivity index (χ2n) is 9.04. The Morgan fingerprint density at radius 3 is 2.00 bits per heavy atom. The fraction of sp³-hybridized carbons (Fsp3) is 0.435. The molecule has 162 valence electrons. The summed E-state index contributed by atoms with van der Waals surface area (Å²) in [6.45, 7) is 9.11. The summed E-state index contributed by atoms with van der Waals surface area (Å²) in [5.41, 5.74) is 7.10. The van der Waals surface area contributed by atoms with Crippen LogP contribution in [0.25, 0.3) is 0 Å². The highest BCUT2D eigenvalue weighted by Crippen LogP contribution is 2.57. The summed E-state index contributed by atoms with van der Waals surface area (Å²) < 4.78 is 32.5. The van der Waals surface area contributed by atoms with E-state index in [1.165, 1.54) is 0 Å². The molecule has 1 amide bonds. The van der Waals surface area contributed by atoms with E-state index in [0.29, 0.717) is 0 Å². The van der Waals surface area contributed by atoms with Gasteiger partial charge in [0, 0.05) is 12.5 Å². The Hall–Kier alpha value is -2.38. The minimum atomic E-state index is -3.75. The monoisotopic (exact) mass is 430 g/mol. The average molecular weight is 431 g/mol. The van der Waals surface area contributed by atoms with Crippen molar-refractivity contribution >= 4 is 15.9 Å². The number of hydrogen-bond donors (Lipinski definition) is 2.